The van der Waals surface area contributed by atoms with Crippen LogP contribution in [0.3, 0.4) is 0 Å². The molecule has 0 fully saturated rings. The van der Waals surface area contributed by atoms with Crippen molar-refractivity contribution >= 4 is 11.6 Å². The highest BCUT2D eigenvalue weighted by Crippen LogP contribution is 2.26. The van der Waals surface area contributed by atoms with Gasteiger partial charge in [-0.2, -0.15) is 5.10 Å². The van der Waals surface area contributed by atoms with E-state index < -0.39 is 6.04 Å². The molecule has 0 aliphatic rings. The molecule has 0 bridgehead atoms. The van der Waals surface area contributed by atoms with E-state index in [4.69, 9.17) is 17.3 Å². The number of halogens is 1. The van der Waals surface area contributed by atoms with E-state index in [1.807, 2.05) is 20.8 Å². The highest BCUT2D eigenvalue weighted by atomic mass is 35.5. The Morgan fingerprint density at radius 1 is 1.22 bits per heavy atom. The lowest BCUT2D eigenvalue weighted by Crippen LogP contribution is -2.21. The van der Waals surface area contributed by atoms with Crippen LogP contribution in [0.1, 0.15) is 43.0 Å². The third-order valence-corrected chi connectivity index (χ3v) is 2.94. The Morgan fingerprint density at radius 2 is 1.83 bits per heavy atom. The van der Waals surface area contributed by atoms with Crippen molar-refractivity contribution in [2.75, 3.05) is 0 Å². The predicted molar refractivity (Wildman–Crippen MR) is 70.4 cm³/mol. The number of rotatable bonds is 3. The minimum absolute atomic E-state index is 0.184. The van der Waals surface area contributed by atoms with Crippen molar-refractivity contribution in [2.45, 2.75) is 32.9 Å². The molecule has 96 valence electrons. The zero-order valence-electron chi connectivity index (χ0n) is 10.6. The molecule has 0 spiro atoms. The molecule has 2 heterocycles. The minimum Gasteiger partial charge on any atom is -0.316 e. The number of aryl methyl sites for hydroxylation is 1. The van der Waals surface area contributed by atoms with E-state index in [0.717, 1.165) is 11.3 Å². The molecule has 0 saturated heterocycles. The number of nitrogens with two attached hydrogens (primary N) is 1. The second-order valence-electron chi connectivity index (χ2n) is 4.51. The van der Waals surface area contributed by atoms with Gasteiger partial charge in [0.1, 0.15) is 6.04 Å². The Bertz CT molecular complexity index is 532. The molecule has 0 aliphatic carbocycles. The summed E-state index contributed by atoms with van der Waals surface area (Å²) in [5, 5.41) is 4.77. The molecule has 6 heteroatoms. The SMILES string of the molecule is Cc1cnc(C(N)c2c(Cl)cnn2C(C)C)nc1. The van der Waals surface area contributed by atoms with Gasteiger partial charge in [-0.1, -0.05) is 11.6 Å². The first-order valence-corrected chi connectivity index (χ1v) is 6.15. The standard InChI is InChI=1S/C12H16ClN5/c1-7(2)18-11(9(13)6-17-18)10(14)12-15-4-8(3)5-16-12/h4-7,10H,14H2,1-3H3. The maximum atomic E-state index is 6.18. The van der Waals surface area contributed by atoms with E-state index in [1.54, 1.807) is 23.3 Å². The Kier molecular flexibility index (Phi) is 3.63. The van der Waals surface area contributed by atoms with Crippen molar-refractivity contribution in [3.8, 4) is 0 Å². The Balaban J connectivity index is 2.42. The number of nitrogens with zero attached hydrogens (tertiary/aromatic N) is 4. The van der Waals surface area contributed by atoms with Gasteiger partial charge in [0, 0.05) is 18.4 Å². The first kappa shape index (κ1) is 13.0. The molecule has 1 unspecified atom stereocenters. The summed E-state index contributed by atoms with van der Waals surface area (Å²) in [5.74, 6) is 0.546. The second kappa shape index (κ2) is 5.04. The largest absolute Gasteiger partial charge is 0.316 e. The fraction of sp³-hybridized carbons (Fsp3) is 0.417. The van der Waals surface area contributed by atoms with Crippen LogP contribution in [0.2, 0.25) is 5.02 Å². The quantitative estimate of drug-likeness (QED) is 0.924. The Morgan fingerprint density at radius 3 is 2.39 bits per heavy atom. The average Bonchev–Trinajstić information content (AvgIpc) is 2.71. The second-order valence-corrected chi connectivity index (χ2v) is 4.92. The molecule has 0 aliphatic heterocycles. The van der Waals surface area contributed by atoms with Gasteiger partial charge in [-0.15, -0.1) is 0 Å². The summed E-state index contributed by atoms with van der Waals surface area (Å²) < 4.78 is 1.80. The predicted octanol–water partition coefficient (Wildman–Crippen LogP) is 2.26. The van der Waals surface area contributed by atoms with Crippen molar-refractivity contribution in [3.63, 3.8) is 0 Å². The normalized spacial score (nSPS) is 13.0. The van der Waals surface area contributed by atoms with Crippen LogP contribution in [-0.2, 0) is 0 Å². The fourth-order valence-electron chi connectivity index (χ4n) is 1.74. The third kappa shape index (κ3) is 2.37. The van der Waals surface area contributed by atoms with Crippen LogP contribution >= 0.6 is 11.6 Å². The van der Waals surface area contributed by atoms with Gasteiger partial charge in [0.05, 0.1) is 16.9 Å². The van der Waals surface area contributed by atoms with E-state index in [1.165, 1.54) is 0 Å². The summed E-state index contributed by atoms with van der Waals surface area (Å²) >= 11 is 6.15. The van der Waals surface area contributed by atoms with Crippen LogP contribution in [0.25, 0.3) is 0 Å². The van der Waals surface area contributed by atoms with Crippen LogP contribution in [-0.4, -0.2) is 19.7 Å². The lowest BCUT2D eigenvalue weighted by Gasteiger charge is -2.16. The Hall–Kier alpha value is -1.46. The summed E-state index contributed by atoms with van der Waals surface area (Å²) in [5.41, 5.74) is 7.92. The van der Waals surface area contributed by atoms with Crippen molar-refractivity contribution < 1.29 is 0 Å². The smallest absolute Gasteiger partial charge is 0.151 e. The van der Waals surface area contributed by atoms with E-state index in [0.29, 0.717) is 10.8 Å². The first-order valence-electron chi connectivity index (χ1n) is 5.77. The zero-order chi connectivity index (χ0) is 13.3. The lowest BCUT2D eigenvalue weighted by molar-refractivity contribution is 0.495. The molecule has 0 aromatic carbocycles. The summed E-state index contributed by atoms with van der Waals surface area (Å²) in [6, 6.07) is -0.285. The van der Waals surface area contributed by atoms with E-state index >= 15 is 0 Å². The van der Waals surface area contributed by atoms with Gasteiger partial charge in [-0.25, -0.2) is 9.97 Å². The van der Waals surface area contributed by atoms with Crippen molar-refractivity contribution in [1.82, 2.24) is 19.7 Å². The fourth-order valence-corrected chi connectivity index (χ4v) is 1.99. The molecule has 18 heavy (non-hydrogen) atoms. The van der Waals surface area contributed by atoms with Gasteiger partial charge in [0.25, 0.3) is 0 Å². The maximum Gasteiger partial charge on any atom is 0.151 e. The average molecular weight is 266 g/mol. The van der Waals surface area contributed by atoms with Gasteiger partial charge in [0.15, 0.2) is 5.82 Å². The van der Waals surface area contributed by atoms with E-state index in [9.17, 15) is 0 Å². The molecule has 5 nitrogen and oxygen atoms in total. The third-order valence-electron chi connectivity index (χ3n) is 2.65. The topological polar surface area (TPSA) is 69.6 Å². The maximum absolute atomic E-state index is 6.18. The molecule has 2 aromatic rings. The summed E-state index contributed by atoms with van der Waals surface area (Å²) in [6.07, 6.45) is 5.09. The van der Waals surface area contributed by atoms with E-state index in [2.05, 4.69) is 15.1 Å². The molecule has 2 rings (SSSR count). The molecule has 2 aromatic heterocycles. The van der Waals surface area contributed by atoms with Gasteiger partial charge in [-0.3, -0.25) is 4.68 Å². The number of aromatic nitrogens is 4. The van der Waals surface area contributed by atoms with Crippen LogP contribution < -0.4 is 5.73 Å². The van der Waals surface area contributed by atoms with Crippen molar-refractivity contribution in [3.05, 3.63) is 40.7 Å². The molecule has 1 atom stereocenters. The summed E-state index contributed by atoms with van der Waals surface area (Å²) in [7, 11) is 0. The van der Waals surface area contributed by atoms with Crippen LogP contribution in [0.4, 0.5) is 0 Å². The van der Waals surface area contributed by atoms with E-state index in [-0.39, 0.29) is 6.04 Å². The van der Waals surface area contributed by atoms with Crippen LogP contribution in [0, 0.1) is 6.92 Å². The monoisotopic (exact) mass is 265 g/mol. The van der Waals surface area contributed by atoms with Crippen molar-refractivity contribution in [1.29, 1.82) is 0 Å². The van der Waals surface area contributed by atoms with Crippen LogP contribution in [0.15, 0.2) is 18.6 Å². The molecule has 2 N–H and O–H groups in total. The lowest BCUT2D eigenvalue weighted by atomic mass is 10.2. The molecular weight excluding hydrogens is 250 g/mol. The van der Waals surface area contributed by atoms with Crippen LogP contribution in [0.5, 0.6) is 0 Å². The number of hydrogen-bond acceptors (Lipinski definition) is 4. The minimum atomic E-state index is -0.469. The highest BCUT2D eigenvalue weighted by molar-refractivity contribution is 6.31. The summed E-state index contributed by atoms with van der Waals surface area (Å²) in [6.45, 7) is 5.98. The van der Waals surface area contributed by atoms with Crippen molar-refractivity contribution in [2.24, 2.45) is 5.73 Å². The molecule has 0 amide bonds. The highest BCUT2D eigenvalue weighted by Gasteiger charge is 2.21. The first-order chi connectivity index (χ1) is 8.50. The number of hydrogen-bond donors (Lipinski definition) is 1. The van der Waals surface area contributed by atoms with Gasteiger partial charge < -0.3 is 5.73 Å². The zero-order valence-corrected chi connectivity index (χ0v) is 11.4. The molecular formula is C12H16ClN5. The van der Waals surface area contributed by atoms with Gasteiger partial charge >= 0.3 is 0 Å². The Labute approximate surface area is 111 Å². The molecule has 0 saturated carbocycles. The summed E-state index contributed by atoms with van der Waals surface area (Å²) in [4.78, 5) is 8.48. The van der Waals surface area contributed by atoms with Gasteiger partial charge in [-0.05, 0) is 26.3 Å². The molecule has 0 radical (unpaired) electrons. The van der Waals surface area contributed by atoms with Gasteiger partial charge in [0.2, 0.25) is 0 Å².